The van der Waals surface area contributed by atoms with Crippen molar-refractivity contribution in [1.82, 2.24) is 0 Å². The van der Waals surface area contributed by atoms with E-state index in [1.807, 2.05) is 24.3 Å². The Bertz CT molecular complexity index is 1470. The molecule has 2 heterocycles. The lowest BCUT2D eigenvalue weighted by Crippen LogP contribution is -2.48. The molecule has 0 bridgehead atoms. The Morgan fingerprint density at radius 3 is 2.51 bits per heavy atom. The van der Waals surface area contributed by atoms with Crippen LogP contribution in [0.3, 0.4) is 0 Å². The number of anilines is 2. The highest BCUT2D eigenvalue weighted by molar-refractivity contribution is 7.92. The SMILES string of the molecule is COC(=O)[C@H]1CN(C(=O)COc2ccc(S(=O)(=O)N3CCc4ccccc43)cc2C)c2ccccc2O1. The Kier molecular flexibility index (Phi) is 6.51. The van der Waals surface area contributed by atoms with E-state index in [9.17, 15) is 18.0 Å². The van der Waals surface area contributed by atoms with E-state index >= 15 is 0 Å². The van der Waals surface area contributed by atoms with Crippen molar-refractivity contribution in [1.29, 1.82) is 0 Å². The summed E-state index contributed by atoms with van der Waals surface area (Å²) in [5.74, 6) is -0.178. The molecule has 3 aromatic carbocycles. The predicted molar refractivity (Wildman–Crippen MR) is 137 cm³/mol. The summed E-state index contributed by atoms with van der Waals surface area (Å²) in [4.78, 5) is 26.8. The number of methoxy groups -OCH3 is 1. The maximum absolute atomic E-state index is 13.3. The second kappa shape index (κ2) is 9.78. The molecule has 0 fully saturated rings. The molecule has 0 aliphatic carbocycles. The minimum Gasteiger partial charge on any atom is -0.483 e. The lowest BCUT2D eigenvalue weighted by molar-refractivity contribution is -0.148. The molecule has 9 nitrogen and oxygen atoms in total. The fourth-order valence-electron chi connectivity index (χ4n) is 4.57. The third-order valence-electron chi connectivity index (χ3n) is 6.47. The fourth-order valence-corrected chi connectivity index (χ4v) is 6.16. The number of carbonyl (C=O) groups is 2. The van der Waals surface area contributed by atoms with Gasteiger partial charge in [-0.2, -0.15) is 0 Å². The zero-order chi connectivity index (χ0) is 26.2. The van der Waals surface area contributed by atoms with E-state index in [-0.39, 0.29) is 24.0 Å². The number of benzene rings is 3. The first-order chi connectivity index (χ1) is 17.8. The van der Waals surface area contributed by atoms with E-state index in [2.05, 4.69) is 0 Å². The first kappa shape index (κ1) is 24.6. The van der Waals surface area contributed by atoms with E-state index in [1.54, 1.807) is 43.3 Å². The van der Waals surface area contributed by atoms with Gasteiger partial charge in [0, 0.05) is 6.54 Å². The van der Waals surface area contributed by atoms with Crippen LogP contribution < -0.4 is 18.7 Å². The molecule has 0 radical (unpaired) electrons. The molecule has 37 heavy (non-hydrogen) atoms. The first-order valence-electron chi connectivity index (χ1n) is 11.8. The third kappa shape index (κ3) is 4.60. The molecule has 2 aliphatic rings. The Balaban J connectivity index is 1.31. The molecule has 2 aliphatic heterocycles. The van der Waals surface area contributed by atoms with Crippen LogP contribution in [0.5, 0.6) is 11.5 Å². The molecule has 0 unspecified atom stereocenters. The third-order valence-corrected chi connectivity index (χ3v) is 8.28. The summed E-state index contributed by atoms with van der Waals surface area (Å²) in [5.41, 5.74) is 2.80. The van der Waals surface area contributed by atoms with Crippen LogP contribution in [0.4, 0.5) is 11.4 Å². The summed E-state index contributed by atoms with van der Waals surface area (Å²) in [6.45, 7) is 1.79. The van der Waals surface area contributed by atoms with Crippen molar-refractivity contribution < 1.29 is 32.2 Å². The van der Waals surface area contributed by atoms with E-state index in [1.165, 1.54) is 22.4 Å². The minimum absolute atomic E-state index is 0.0145. The van der Waals surface area contributed by atoms with Crippen LogP contribution in [0, 0.1) is 6.92 Å². The molecule has 5 rings (SSSR count). The lowest BCUT2D eigenvalue weighted by Gasteiger charge is -2.33. The number of nitrogens with zero attached hydrogens (tertiary/aromatic N) is 2. The average molecular weight is 523 g/mol. The molecule has 3 aromatic rings. The summed E-state index contributed by atoms with van der Waals surface area (Å²) in [7, 11) is -2.48. The van der Waals surface area contributed by atoms with E-state index < -0.39 is 22.1 Å². The van der Waals surface area contributed by atoms with Gasteiger partial charge in [-0.05, 0) is 60.9 Å². The van der Waals surface area contributed by atoms with Crippen molar-refractivity contribution in [2.75, 3.05) is 36.0 Å². The number of aryl methyl sites for hydroxylation is 1. The summed E-state index contributed by atoms with van der Waals surface area (Å²) >= 11 is 0. The predicted octanol–water partition coefficient (Wildman–Crippen LogP) is 3.09. The number of ether oxygens (including phenoxy) is 3. The van der Waals surface area contributed by atoms with Gasteiger partial charge in [0.25, 0.3) is 15.9 Å². The number of hydrogen-bond donors (Lipinski definition) is 0. The second-order valence-electron chi connectivity index (χ2n) is 8.77. The first-order valence-corrected chi connectivity index (χ1v) is 13.2. The Hall–Kier alpha value is -4.05. The lowest BCUT2D eigenvalue weighted by atomic mass is 10.2. The van der Waals surface area contributed by atoms with Crippen molar-refractivity contribution in [2.45, 2.75) is 24.3 Å². The molecule has 0 saturated heterocycles. The second-order valence-corrected chi connectivity index (χ2v) is 10.6. The maximum Gasteiger partial charge on any atom is 0.348 e. The van der Waals surface area contributed by atoms with E-state index in [0.717, 1.165) is 5.56 Å². The van der Waals surface area contributed by atoms with Gasteiger partial charge in [0.2, 0.25) is 6.10 Å². The molecule has 0 spiro atoms. The Labute approximate surface area is 215 Å². The number of para-hydroxylation sites is 3. The zero-order valence-corrected chi connectivity index (χ0v) is 21.2. The van der Waals surface area contributed by atoms with Gasteiger partial charge in [0.05, 0.1) is 29.9 Å². The molecule has 0 saturated carbocycles. The number of amides is 1. The van der Waals surface area contributed by atoms with E-state index in [4.69, 9.17) is 14.2 Å². The number of sulfonamides is 1. The normalized spacial score (nSPS) is 16.4. The molecule has 1 amide bonds. The largest absolute Gasteiger partial charge is 0.483 e. The number of rotatable bonds is 6. The summed E-state index contributed by atoms with van der Waals surface area (Å²) in [6.07, 6.45) is -0.287. The highest BCUT2D eigenvalue weighted by atomic mass is 32.2. The number of fused-ring (bicyclic) bond motifs is 2. The van der Waals surface area contributed by atoms with Gasteiger partial charge in [0.1, 0.15) is 11.5 Å². The topological polar surface area (TPSA) is 102 Å². The zero-order valence-electron chi connectivity index (χ0n) is 20.4. The van der Waals surface area contributed by atoms with Gasteiger partial charge >= 0.3 is 5.97 Å². The van der Waals surface area contributed by atoms with Crippen molar-refractivity contribution in [2.24, 2.45) is 0 Å². The summed E-state index contributed by atoms with van der Waals surface area (Å²) in [5, 5.41) is 0. The number of hydrogen-bond acceptors (Lipinski definition) is 7. The van der Waals surface area contributed by atoms with Gasteiger partial charge < -0.3 is 19.1 Å². The highest BCUT2D eigenvalue weighted by Gasteiger charge is 2.35. The molecular weight excluding hydrogens is 496 g/mol. The molecule has 0 N–H and O–H groups in total. The van der Waals surface area contributed by atoms with Crippen LogP contribution >= 0.6 is 0 Å². The van der Waals surface area contributed by atoms with Gasteiger partial charge in [-0.25, -0.2) is 13.2 Å². The Morgan fingerprint density at radius 1 is 1.03 bits per heavy atom. The van der Waals surface area contributed by atoms with Crippen LogP contribution in [-0.4, -0.2) is 53.2 Å². The summed E-state index contributed by atoms with van der Waals surface area (Å²) in [6, 6.07) is 19.0. The standard InChI is InChI=1S/C27H26N2O7S/c1-18-15-20(37(32,33)29-14-13-19-7-3-4-8-21(19)29)11-12-23(18)35-17-26(30)28-16-25(27(31)34-2)36-24-10-6-5-9-22(24)28/h3-12,15,25H,13-14,16-17H2,1-2H3/t25-/m1/s1. The average Bonchev–Trinajstić information content (AvgIpc) is 3.36. The molecule has 192 valence electrons. The molecule has 1 atom stereocenters. The number of carbonyl (C=O) groups excluding carboxylic acids is 2. The molecule has 10 heteroatoms. The summed E-state index contributed by atoms with van der Waals surface area (Å²) < 4.78 is 44.4. The van der Waals surface area contributed by atoms with Gasteiger partial charge in [0.15, 0.2) is 6.61 Å². The van der Waals surface area contributed by atoms with Gasteiger partial charge in [-0.1, -0.05) is 30.3 Å². The van der Waals surface area contributed by atoms with Gasteiger partial charge in [-0.15, -0.1) is 0 Å². The van der Waals surface area contributed by atoms with Crippen molar-refractivity contribution in [3.05, 3.63) is 77.9 Å². The highest BCUT2D eigenvalue weighted by Crippen LogP contribution is 2.35. The van der Waals surface area contributed by atoms with E-state index in [0.29, 0.717) is 41.4 Å². The van der Waals surface area contributed by atoms with Crippen molar-refractivity contribution in [3.63, 3.8) is 0 Å². The molecule has 0 aromatic heterocycles. The van der Waals surface area contributed by atoms with Gasteiger partial charge in [-0.3, -0.25) is 9.10 Å². The van der Waals surface area contributed by atoms with Crippen molar-refractivity contribution >= 4 is 33.3 Å². The Morgan fingerprint density at radius 2 is 1.76 bits per heavy atom. The van der Waals surface area contributed by atoms with Crippen LogP contribution in [0.2, 0.25) is 0 Å². The van der Waals surface area contributed by atoms with Crippen LogP contribution in [0.15, 0.2) is 71.6 Å². The van der Waals surface area contributed by atoms with Crippen LogP contribution in [0.25, 0.3) is 0 Å². The van der Waals surface area contributed by atoms with Crippen LogP contribution in [0.1, 0.15) is 11.1 Å². The minimum atomic E-state index is -3.75. The number of esters is 1. The smallest absolute Gasteiger partial charge is 0.348 e. The molecular formula is C27H26N2O7S. The fraction of sp³-hybridized carbons (Fsp3) is 0.259. The van der Waals surface area contributed by atoms with Crippen molar-refractivity contribution in [3.8, 4) is 11.5 Å². The van der Waals surface area contributed by atoms with Crippen LogP contribution in [-0.2, 0) is 30.8 Å². The monoisotopic (exact) mass is 522 g/mol. The maximum atomic E-state index is 13.3. The quantitative estimate of drug-likeness (QED) is 0.459.